The van der Waals surface area contributed by atoms with Gasteiger partial charge in [0.05, 0.1) is 32.7 Å². The lowest BCUT2D eigenvalue weighted by atomic mass is 10.1. The van der Waals surface area contributed by atoms with Crippen molar-refractivity contribution in [2.45, 2.75) is 31.3 Å². The summed E-state index contributed by atoms with van der Waals surface area (Å²) in [5, 5.41) is 10.6. The second-order valence-corrected chi connectivity index (χ2v) is 9.79. The van der Waals surface area contributed by atoms with Gasteiger partial charge in [-0.25, -0.2) is 9.18 Å². The van der Waals surface area contributed by atoms with Gasteiger partial charge < -0.3 is 14.6 Å². The van der Waals surface area contributed by atoms with Crippen molar-refractivity contribution in [1.82, 2.24) is 4.57 Å². The van der Waals surface area contributed by atoms with Crippen molar-refractivity contribution in [2.24, 2.45) is 4.99 Å². The molecule has 1 saturated heterocycles. The summed E-state index contributed by atoms with van der Waals surface area (Å²) in [6, 6.07) is 6.20. The standard InChI is InChI=1S/C24H19Cl3FN3O3/c25-13-2-1-12(18(26)7-13)9-29-14-5-6-30(10-14)22-19(28)8-16-21(20(22)27)31(15-3-4-15)11-17(23(16)32)24(33)34/h1-2,7-9,11,14-15H,3-6,10H2,(H,33,34). The van der Waals surface area contributed by atoms with Crippen LogP contribution >= 0.6 is 34.8 Å². The molecule has 176 valence electrons. The highest BCUT2D eigenvalue weighted by molar-refractivity contribution is 6.38. The zero-order valence-electron chi connectivity index (χ0n) is 17.8. The Labute approximate surface area is 209 Å². The fourth-order valence-electron chi connectivity index (χ4n) is 4.37. The van der Waals surface area contributed by atoms with Crippen LogP contribution in [0.25, 0.3) is 10.9 Å². The summed E-state index contributed by atoms with van der Waals surface area (Å²) >= 11 is 18.9. The summed E-state index contributed by atoms with van der Waals surface area (Å²) in [4.78, 5) is 30.7. The third kappa shape index (κ3) is 4.17. The molecule has 2 aliphatic rings. The van der Waals surface area contributed by atoms with Crippen LogP contribution in [-0.2, 0) is 0 Å². The Bertz CT molecular complexity index is 1420. The van der Waals surface area contributed by atoms with Crippen molar-refractivity contribution in [1.29, 1.82) is 0 Å². The number of aliphatic imine (C=N–C) groups is 1. The van der Waals surface area contributed by atoms with Crippen LogP contribution in [0.4, 0.5) is 10.1 Å². The molecule has 1 aromatic heterocycles. The first kappa shape index (κ1) is 23.1. The highest BCUT2D eigenvalue weighted by Gasteiger charge is 2.32. The summed E-state index contributed by atoms with van der Waals surface area (Å²) in [5.41, 5.74) is 0.181. The molecule has 1 aliphatic heterocycles. The molecule has 10 heteroatoms. The van der Waals surface area contributed by atoms with Crippen LogP contribution in [0.3, 0.4) is 0 Å². The fourth-order valence-corrected chi connectivity index (χ4v) is 5.24. The minimum Gasteiger partial charge on any atom is -0.477 e. The number of carbonyl (C=O) groups is 1. The number of rotatable bonds is 5. The van der Waals surface area contributed by atoms with Gasteiger partial charge in [0, 0.05) is 42.1 Å². The van der Waals surface area contributed by atoms with Gasteiger partial charge in [-0.05, 0) is 37.5 Å². The molecule has 3 aromatic rings. The monoisotopic (exact) mass is 521 g/mol. The predicted molar refractivity (Wildman–Crippen MR) is 133 cm³/mol. The molecule has 1 N–H and O–H groups in total. The molecule has 2 heterocycles. The largest absolute Gasteiger partial charge is 0.477 e. The molecule has 5 rings (SSSR count). The number of aromatic carboxylic acids is 1. The van der Waals surface area contributed by atoms with Crippen LogP contribution in [0.5, 0.6) is 0 Å². The van der Waals surface area contributed by atoms with Gasteiger partial charge in [0.2, 0.25) is 5.43 Å². The molecule has 0 bridgehead atoms. The van der Waals surface area contributed by atoms with Gasteiger partial charge in [-0.3, -0.25) is 9.79 Å². The maximum atomic E-state index is 15.3. The molecule has 1 saturated carbocycles. The minimum absolute atomic E-state index is 0.0239. The molecular formula is C24H19Cl3FN3O3. The number of aromatic nitrogens is 1. The highest BCUT2D eigenvalue weighted by Crippen LogP contribution is 2.42. The zero-order chi connectivity index (χ0) is 24.1. The number of nitrogens with zero attached hydrogens (tertiary/aromatic N) is 3. The number of halogens is 4. The number of fused-ring (bicyclic) bond motifs is 1. The molecule has 1 unspecified atom stereocenters. The van der Waals surface area contributed by atoms with E-state index in [9.17, 15) is 14.7 Å². The smallest absolute Gasteiger partial charge is 0.341 e. The zero-order valence-corrected chi connectivity index (χ0v) is 20.0. The first-order valence-electron chi connectivity index (χ1n) is 10.8. The van der Waals surface area contributed by atoms with E-state index in [-0.39, 0.29) is 33.7 Å². The Kier molecular flexibility index (Phi) is 6.04. The third-order valence-electron chi connectivity index (χ3n) is 6.22. The average Bonchev–Trinajstić information content (AvgIpc) is 3.52. The molecule has 0 amide bonds. The maximum Gasteiger partial charge on any atom is 0.341 e. The van der Waals surface area contributed by atoms with Gasteiger partial charge in [-0.2, -0.15) is 0 Å². The molecular weight excluding hydrogens is 504 g/mol. The number of hydrogen-bond donors (Lipinski definition) is 1. The topological polar surface area (TPSA) is 74.9 Å². The number of carboxylic acids is 1. The van der Waals surface area contributed by atoms with Gasteiger partial charge in [-0.15, -0.1) is 0 Å². The van der Waals surface area contributed by atoms with Crippen molar-refractivity contribution in [2.75, 3.05) is 18.0 Å². The lowest BCUT2D eigenvalue weighted by Gasteiger charge is -2.23. The van der Waals surface area contributed by atoms with E-state index in [4.69, 9.17) is 34.8 Å². The molecule has 2 aromatic carbocycles. The molecule has 6 nitrogen and oxygen atoms in total. The Morgan fingerprint density at radius 1 is 1.18 bits per heavy atom. The lowest BCUT2D eigenvalue weighted by Crippen LogP contribution is -2.24. The van der Waals surface area contributed by atoms with Crippen LogP contribution in [0.15, 0.2) is 40.2 Å². The molecule has 34 heavy (non-hydrogen) atoms. The summed E-state index contributed by atoms with van der Waals surface area (Å²) < 4.78 is 17.0. The van der Waals surface area contributed by atoms with E-state index in [1.165, 1.54) is 6.20 Å². The Morgan fingerprint density at radius 3 is 2.62 bits per heavy atom. The highest BCUT2D eigenvalue weighted by atomic mass is 35.5. The van der Waals surface area contributed by atoms with Crippen molar-refractivity contribution < 1.29 is 14.3 Å². The van der Waals surface area contributed by atoms with Crippen LogP contribution in [-0.4, -0.2) is 41.0 Å². The lowest BCUT2D eigenvalue weighted by molar-refractivity contribution is 0.0695. The second-order valence-electron chi connectivity index (χ2n) is 8.57. The van der Waals surface area contributed by atoms with Gasteiger partial charge in [0.1, 0.15) is 11.4 Å². The summed E-state index contributed by atoms with van der Waals surface area (Å²) in [5.74, 6) is -2.01. The normalized spacial score (nSPS) is 18.4. The second kappa shape index (κ2) is 8.87. The third-order valence-corrected chi connectivity index (χ3v) is 7.14. The molecule has 0 spiro atoms. The maximum absolute atomic E-state index is 15.3. The van der Waals surface area contributed by atoms with E-state index >= 15 is 4.39 Å². The van der Waals surface area contributed by atoms with Crippen LogP contribution in [0, 0.1) is 5.82 Å². The molecule has 1 aliphatic carbocycles. The van der Waals surface area contributed by atoms with E-state index in [0.29, 0.717) is 35.1 Å². The van der Waals surface area contributed by atoms with E-state index in [2.05, 4.69) is 4.99 Å². The quantitative estimate of drug-likeness (QED) is 0.428. The van der Waals surface area contributed by atoms with Crippen LogP contribution in [0.1, 0.15) is 41.2 Å². The molecule has 2 fully saturated rings. The SMILES string of the molecule is O=C(O)c1cn(C2CC2)c2c(Cl)c(N3CCC(N=Cc4ccc(Cl)cc4Cl)C3)c(F)cc2c1=O. The van der Waals surface area contributed by atoms with E-state index < -0.39 is 17.2 Å². The predicted octanol–water partition coefficient (Wildman–Crippen LogP) is 5.83. The van der Waals surface area contributed by atoms with E-state index in [1.807, 2.05) is 4.90 Å². The number of hydrogen-bond acceptors (Lipinski definition) is 4. The van der Waals surface area contributed by atoms with E-state index in [0.717, 1.165) is 24.5 Å². The first-order chi connectivity index (χ1) is 16.2. The van der Waals surface area contributed by atoms with Crippen molar-refractivity contribution in [3.05, 3.63) is 72.7 Å². The van der Waals surface area contributed by atoms with Crippen molar-refractivity contribution >= 4 is 63.6 Å². The molecule has 1 atom stereocenters. The number of pyridine rings is 1. The van der Waals surface area contributed by atoms with Gasteiger partial charge in [0.25, 0.3) is 0 Å². The minimum atomic E-state index is -1.34. The van der Waals surface area contributed by atoms with Gasteiger partial charge in [-0.1, -0.05) is 40.9 Å². The molecule has 0 radical (unpaired) electrons. The van der Waals surface area contributed by atoms with Gasteiger partial charge >= 0.3 is 5.97 Å². The summed E-state index contributed by atoms with van der Waals surface area (Å²) in [7, 11) is 0. The summed E-state index contributed by atoms with van der Waals surface area (Å²) in [6.07, 6.45) is 5.37. The van der Waals surface area contributed by atoms with E-state index in [1.54, 1.807) is 29.0 Å². The van der Waals surface area contributed by atoms with Crippen LogP contribution in [0.2, 0.25) is 15.1 Å². The van der Waals surface area contributed by atoms with Crippen molar-refractivity contribution in [3.63, 3.8) is 0 Å². The Balaban J connectivity index is 1.50. The first-order valence-corrected chi connectivity index (χ1v) is 11.9. The average molecular weight is 523 g/mol. The summed E-state index contributed by atoms with van der Waals surface area (Å²) in [6.45, 7) is 0.962. The number of benzene rings is 2. The van der Waals surface area contributed by atoms with Crippen LogP contribution < -0.4 is 10.3 Å². The fraction of sp³-hybridized carbons (Fsp3) is 0.292. The van der Waals surface area contributed by atoms with Gasteiger partial charge in [0.15, 0.2) is 0 Å². The van der Waals surface area contributed by atoms with Crippen molar-refractivity contribution in [3.8, 4) is 0 Å². The Hall–Kier alpha value is -2.61. The Morgan fingerprint density at radius 2 is 1.94 bits per heavy atom. The number of anilines is 1. The number of carboxylic acid groups (broad SMARTS) is 1.